The lowest BCUT2D eigenvalue weighted by Crippen LogP contribution is -2.49. The topological polar surface area (TPSA) is 204 Å². The van der Waals surface area contributed by atoms with Crippen LogP contribution < -0.4 is 5.73 Å². The molecule has 0 saturated carbocycles. The smallest absolute Gasteiger partial charge is 0.386 e. The van der Waals surface area contributed by atoms with Gasteiger partial charge in [0.05, 0.1) is 50.4 Å². The van der Waals surface area contributed by atoms with Crippen molar-refractivity contribution in [1.29, 1.82) is 5.26 Å². The summed E-state index contributed by atoms with van der Waals surface area (Å²) in [5, 5.41) is 36.1. The molecular formula is C41H63FN5O9P. The highest BCUT2D eigenvalue weighted by atomic mass is 31.2. The van der Waals surface area contributed by atoms with Crippen LogP contribution in [-0.4, -0.2) is 80.5 Å². The number of phosphoric acid groups is 1. The minimum Gasteiger partial charge on any atom is -0.386 e. The molecule has 14 nitrogen and oxygen atoms in total. The summed E-state index contributed by atoms with van der Waals surface area (Å²) < 4.78 is 56.6. The fourth-order valence-electron chi connectivity index (χ4n) is 7.10. The predicted molar refractivity (Wildman–Crippen MR) is 213 cm³/mol. The molecule has 4 rings (SSSR count). The maximum atomic E-state index is 14.1. The summed E-state index contributed by atoms with van der Waals surface area (Å²) in [6, 6.07) is 8.88. The summed E-state index contributed by atoms with van der Waals surface area (Å²) in [6.45, 7) is 2.63. The standard InChI is InChI=1S/C41H63FN5O9P/c1-3-4-5-6-7-8-9-10-11-12-13-14-15-16-17-18-21-52-27-35(53-26-33-22-32(25-43)23-34(42)24-33)28-55-57(50,51)56-29-40(2)39(48)41(49,30-54-40)37-20-19-36-38(44)45-31-46-47(36)37/h19-20,22-24,31,35,39,48-49H,3-18,21,26-30H2,1-2H3,(H,50,51)(H2,44,45,46)/t35-,39-,40-,41+/m1/s1. The molecular weight excluding hydrogens is 756 g/mol. The van der Waals surface area contributed by atoms with Gasteiger partial charge in [0.25, 0.3) is 0 Å². The number of benzene rings is 1. The zero-order valence-electron chi connectivity index (χ0n) is 33.7. The Morgan fingerprint density at radius 2 is 1.63 bits per heavy atom. The Hall–Kier alpha value is -3.03. The molecule has 0 bridgehead atoms. The fourth-order valence-corrected chi connectivity index (χ4v) is 7.95. The van der Waals surface area contributed by atoms with Gasteiger partial charge in [-0.2, -0.15) is 10.4 Å². The maximum absolute atomic E-state index is 14.1. The maximum Gasteiger partial charge on any atom is 0.472 e. The van der Waals surface area contributed by atoms with Gasteiger partial charge in [0, 0.05) is 6.61 Å². The Bertz CT molecular complexity index is 1740. The Morgan fingerprint density at radius 1 is 1.00 bits per heavy atom. The first-order valence-corrected chi connectivity index (χ1v) is 22.0. The number of aliphatic hydroxyl groups is 2. The van der Waals surface area contributed by atoms with Crippen LogP contribution in [0.5, 0.6) is 0 Å². The number of hydrogen-bond acceptors (Lipinski definition) is 12. The molecule has 57 heavy (non-hydrogen) atoms. The van der Waals surface area contributed by atoms with E-state index in [-0.39, 0.29) is 36.9 Å². The number of hydrogen-bond donors (Lipinski definition) is 4. The van der Waals surface area contributed by atoms with Crippen molar-refractivity contribution in [2.45, 2.75) is 147 Å². The second-order valence-corrected chi connectivity index (χ2v) is 16.9. The number of ether oxygens (including phenoxy) is 3. The van der Waals surface area contributed by atoms with E-state index >= 15 is 0 Å². The average Bonchev–Trinajstić information content (AvgIpc) is 3.74. The number of aliphatic hydroxyl groups excluding tert-OH is 1. The van der Waals surface area contributed by atoms with Crippen molar-refractivity contribution in [2.24, 2.45) is 0 Å². The van der Waals surface area contributed by atoms with Gasteiger partial charge in [-0.15, -0.1) is 0 Å². The molecule has 1 fully saturated rings. The zero-order chi connectivity index (χ0) is 41.2. The lowest BCUT2D eigenvalue weighted by atomic mass is 9.86. The second-order valence-electron chi connectivity index (χ2n) is 15.4. The molecule has 3 heterocycles. The van der Waals surface area contributed by atoms with Crippen LogP contribution in [0.15, 0.2) is 36.7 Å². The van der Waals surface area contributed by atoms with Crippen molar-refractivity contribution in [3.8, 4) is 6.07 Å². The Kier molecular flexibility index (Phi) is 19.3. The largest absolute Gasteiger partial charge is 0.472 e. The molecule has 0 amide bonds. The highest BCUT2D eigenvalue weighted by molar-refractivity contribution is 7.47. The number of aromatic nitrogens is 3. The van der Waals surface area contributed by atoms with Gasteiger partial charge in [0.2, 0.25) is 0 Å². The lowest BCUT2D eigenvalue weighted by Gasteiger charge is -2.32. The van der Waals surface area contributed by atoms with Crippen molar-refractivity contribution in [2.75, 3.05) is 38.8 Å². The molecule has 1 aromatic carbocycles. The summed E-state index contributed by atoms with van der Waals surface area (Å²) in [5.41, 5.74) is 3.47. The molecule has 0 radical (unpaired) electrons. The Balaban J connectivity index is 1.19. The van der Waals surface area contributed by atoms with Gasteiger partial charge in [-0.3, -0.25) is 9.05 Å². The summed E-state index contributed by atoms with van der Waals surface area (Å²) in [7, 11) is -4.76. The van der Waals surface area contributed by atoms with E-state index in [4.69, 9.17) is 29.0 Å². The second kappa shape index (κ2) is 23.5. The number of nitrogens with zero attached hydrogens (tertiary/aromatic N) is 4. The molecule has 1 saturated heterocycles. The highest BCUT2D eigenvalue weighted by Crippen LogP contribution is 2.47. The van der Waals surface area contributed by atoms with Crippen molar-refractivity contribution in [3.63, 3.8) is 0 Å². The third-order valence-corrected chi connectivity index (χ3v) is 11.5. The third kappa shape index (κ3) is 14.6. The average molecular weight is 820 g/mol. The number of phosphoric ester groups is 1. The van der Waals surface area contributed by atoms with E-state index in [1.54, 1.807) is 6.07 Å². The number of anilines is 1. The van der Waals surface area contributed by atoms with Crippen LogP contribution in [0.3, 0.4) is 0 Å². The molecule has 1 aliphatic heterocycles. The molecule has 5 N–H and O–H groups in total. The van der Waals surface area contributed by atoms with Gasteiger partial charge < -0.3 is 35.1 Å². The van der Waals surface area contributed by atoms with Crippen LogP contribution >= 0.6 is 7.82 Å². The van der Waals surface area contributed by atoms with Crippen molar-refractivity contribution >= 4 is 19.2 Å². The predicted octanol–water partition coefficient (Wildman–Crippen LogP) is 7.66. The quantitative estimate of drug-likeness (QED) is 0.0393. The minimum absolute atomic E-state index is 0.0189. The number of halogens is 1. The normalized spacial score (nSPS) is 21.2. The first-order chi connectivity index (χ1) is 27.4. The molecule has 318 valence electrons. The van der Waals surface area contributed by atoms with Gasteiger partial charge >= 0.3 is 7.82 Å². The van der Waals surface area contributed by atoms with E-state index in [0.717, 1.165) is 25.3 Å². The molecule has 16 heteroatoms. The van der Waals surface area contributed by atoms with E-state index in [0.29, 0.717) is 17.7 Å². The number of nitrogen functional groups attached to an aromatic ring is 1. The van der Waals surface area contributed by atoms with Crippen LogP contribution in [0.25, 0.3) is 5.52 Å². The first-order valence-electron chi connectivity index (χ1n) is 20.5. The van der Waals surface area contributed by atoms with Crippen molar-refractivity contribution < 1.29 is 47.3 Å². The molecule has 1 aliphatic rings. The molecule has 0 spiro atoms. The van der Waals surface area contributed by atoms with Gasteiger partial charge in [-0.1, -0.05) is 103 Å². The number of nitrogens with two attached hydrogens (primary N) is 1. The van der Waals surface area contributed by atoms with Crippen LogP contribution in [0.2, 0.25) is 0 Å². The van der Waals surface area contributed by atoms with Crippen LogP contribution in [-0.2, 0) is 40.0 Å². The lowest BCUT2D eigenvalue weighted by molar-refractivity contribution is -0.101. The number of fused-ring (bicyclic) bond motifs is 1. The number of nitriles is 1. The van der Waals surface area contributed by atoms with Crippen LogP contribution in [0, 0.1) is 17.1 Å². The fraction of sp³-hybridized carbons (Fsp3) is 0.683. The van der Waals surface area contributed by atoms with Crippen LogP contribution in [0.1, 0.15) is 133 Å². The number of rotatable bonds is 29. The van der Waals surface area contributed by atoms with Gasteiger partial charge in [-0.25, -0.2) is 18.5 Å². The number of unbranched alkanes of at least 4 members (excludes halogenated alkanes) is 15. The third-order valence-electron chi connectivity index (χ3n) is 10.5. The molecule has 0 aliphatic carbocycles. The Morgan fingerprint density at radius 3 is 2.26 bits per heavy atom. The van der Waals surface area contributed by atoms with E-state index in [1.807, 2.05) is 6.07 Å². The molecule has 2 aromatic heterocycles. The van der Waals surface area contributed by atoms with E-state index in [1.165, 1.54) is 119 Å². The summed E-state index contributed by atoms with van der Waals surface area (Å²) >= 11 is 0. The summed E-state index contributed by atoms with van der Waals surface area (Å²) in [5.74, 6) is -0.416. The van der Waals surface area contributed by atoms with Gasteiger partial charge in [-0.05, 0) is 49.2 Å². The zero-order valence-corrected chi connectivity index (χ0v) is 34.6. The summed E-state index contributed by atoms with van der Waals surface area (Å²) in [6.07, 6.45) is 18.9. The van der Waals surface area contributed by atoms with Gasteiger partial charge in [0.1, 0.15) is 35.5 Å². The van der Waals surface area contributed by atoms with E-state index in [2.05, 4.69) is 17.0 Å². The Labute approximate surface area is 336 Å². The van der Waals surface area contributed by atoms with Gasteiger partial charge in [0.15, 0.2) is 11.4 Å². The molecule has 3 aromatic rings. The molecule has 5 atom stereocenters. The first kappa shape index (κ1) is 46.7. The van der Waals surface area contributed by atoms with Crippen LogP contribution in [0.4, 0.5) is 10.2 Å². The van der Waals surface area contributed by atoms with Crippen molar-refractivity contribution in [1.82, 2.24) is 14.6 Å². The van der Waals surface area contributed by atoms with Crippen molar-refractivity contribution in [3.05, 3.63) is 59.3 Å². The van der Waals surface area contributed by atoms with E-state index in [9.17, 15) is 29.3 Å². The SMILES string of the molecule is CCCCCCCCCCCCCCCCCCOC[C@H](COP(=O)(O)OC[C@@]1(C)OC[C@](O)(c2ccc3c(N)ncnn23)[C@@H]1O)OCc1cc(F)cc(C#N)c1. The monoisotopic (exact) mass is 819 g/mol. The summed E-state index contributed by atoms with van der Waals surface area (Å²) in [4.78, 5) is 14.6. The highest BCUT2D eigenvalue weighted by Gasteiger charge is 2.58. The van der Waals surface area contributed by atoms with E-state index < -0.39 is 50.3 Å². The minimum atomic E-state index is -4.76. The molecule has 1 unspecified atom stereocenters.